The van der Waals surface area contributed by atoms with Gasteiger partial charge in [-0.05, 0) is 67.3 Å². The molecule has 1 aliphatic heterocycles. The summed E-state index contributed by atoms with van der Waals surface area (Å²) in [6.07, 6.45) is 3.79. The van der Waals surface area contributed by atoms with Crippen LogP contribution in [0, 0.1) is 0 Å². The molecular formula is C26H28N2O2. The van der Waals surface area contributed by atoms with E-state index in [0.29, 0.717) is 19.0 Å². The number of piperidine rings is 1. The summed E-state index contributed by atoms with van der Waals surface area (Å²) in [6, 6.07) is 21.8. The summed E-state index contributed by atoms with van der Waals surface area (Å²) in [4.78, 5) is 27.3. The number of nitrogens with one attached hydrogen (secondary N) is 1. The van der Waals surface area contributed by atoms with Gasteiger partial charge in [0.15, 0.2) is 5.78 Å². The molecule has 0 aromatic heterocycles. The molecular weight excluding hydrogens is 372 g/mol. The number of Topliss-reactive ketones (excluding diaryl/α,β-unsaturated/α-hetero) is 1. The van der Waals surface area contributed by atoms with Crippen LogP contribution in [0.25, 0.3) is 10.8 Å². The molecule has 0 aliphatic carbocycles. The molecule has 0 saturated carbocycles. The van der Waals surface area contributed by atoms with E-state index in [4.69, 9.17) is 0 Å². The number of anilines is 1. The van der Waals surface area contributed by atoms with Gasteiger partial charge in [-0.3, -0.25) is 9.59 Å². The smallest absolute Gasteiger partial charge is 0.254 e. The average Bonchev–Trinajstić information content (AvgIpc) is 2.79. The highest BCUT2D eigenvalue weighted by molar-refractivity contribution is 6.00. The highest BCUT2D eigenvalue weighted by Gasteiger charge is 2.23. The van der Waals surface area contributed by atoms with E-state index in [-0.39, 0.29) is 11.7 Å². The summed E-state index contributed by atoms with van der Waals surface area (Å²) in [5.74, 6) is 0.236. The number of nitrogens with zero attached hydrogens (tertiary/aromatic N) is 1. The monoisotopic (exact) mass is 400 g/mol. The fraction of sp³-hybridized carbons (Fsp3) is 0.308. The molecule has 4 rings (SSSR count). The number of hydrogen-bond donors (Lipinski definition) is 1. The minimum Gasteiger partial charge on any atom is -0.385 e. The fourth-order valence-corrected chi connectivity index (χ4v) is 4.12. The van der Waals surface area contributed by atoms with E-state index in [9.17, 15) is 9.59 Å². The lowest BCUT2D eigenvalue weighted by atomic mass is 10.0. The van der Waals surface area contributed by atoms with Crippen molar-refractivity contribution in [3.8, 4) is 0 Å². The molecule has 3 aromatic carbocycles. The summed E-state index contributed by atoms with van der Waals surface area (Å²) in [5.41, 5.74) is 2.39. The first-order valence-electron chi connectivity index (χ1n) is 10.8. The molecule has 0 bridgehead atoms. The van der Waals surface area contributed by atoms with Gasteiger partial charge < -0.3 is 10.2 Å². The van der Waals surface area contributed by atoms with Crippen molar-refractivity contribution in [1.29, 1.82) is 0 Å². The molecule has 0 unspecified atom stereocenters. The van der Waals surface area contributed by atoms with Gasteiger partial charge in [0.1, 0.15) is 0 Å². The maximum atomic E-state index is 12.7. The van der Waals surface area contributed by atoms with Crippen molar-refractivity contribution in [2.24, 2.45) is 0 Å². The van der Waals surface area contributed by atoms with Crippen molar-refractivity contribution < 1.29 is 9.59 Å². The Morgan fingerprint density at radius 2 is 1.67 bits per heavy atom. The number of carbonyl (C=O) groups is 2. The molecule has 1 amide bonds. The minimum atomic E-state index is 0.111. The summed E-state index contributed by atoms with van der Waals surface area (Å²) in [6.45, 7) is 3.53. The third-order valence-electron chi connectivity index (χ3n) is 5.95. The predicted octanol–water partition coefficient (Wildman–Crippen LogP) is 5.54. The maximum absolute atomic E-state index is 12.7. The maximum Gasteiger partial charge on any atom is 0.254 e. The van der Waals surface area contributed by atoms with E-state index >= 15 is 0 Å². The van der Waals surface area contributed by atoms with E-state index in [1.807, 2.05) is 71.6 Å². The normalized spacial score (nSPS) is 16.4. The lowest BCUT2D eigenvalue weighted by molar-refractivity contribution is 0.0635. The zero-order valence-corrected chi connectivity index (χ0v) is 17.4. The van der Waals surface area contributed by atoms with E-state index in [1.54, 1.807) is 0 Å². The van der Waals surface area contributed by atoms with Crippen molar-refractivity contribution in [1.82, 2.24) is 4.90 Å². The lowest BCUT2D eigenvalue weighted by Crippen LogP contribution is -2.41. The standard InChI is InChI=1S/C26H28N2O2/c1-19-6-4-5-17-28(19)26(30)21-11-13-24(14-12-21)27-16-15-25(29)23-10-9-20-7-2-3-8-22(20)18-23/h2-3,7-14,18-19,27H,4-6,15-17H2,1H3/t19-/m0/s1. The first kappa shape index (κ1) is 20.1. The number of fused-ring (bicyclic) bond motifs is 1. The quantitative estimate of drug-likeness (QED) is 0.553. The molecule has 0 radical (unpaired) electrons. The number of benzene rings is 3. The second-order valence-corrected chi connectivity index (χ2v) is 8.08. The Hall–Kier alpha value is -3.14. The molecule has 1 saturated heterocycles. The third-order valence-corrected chi connectivity index (χ3v) is 5.95. The van der Waals surface area contributed by atoms with E-state index in [1.165, 1.54) is 6.42 Å². The van der Waals surface area contributed by atoms with Crippen LogP contribution in [0.5, 0.6) is 0 Å². The Balaban J connectivity index is 1.31. The number of likely N-dealkylation sites (tertiary alicyclic amines) is 1. The zero-order valence-electron chi connectivity index (χ0n) is 17.4. The predicted molar refractivity (Wildman–Crippen MR) is 122 cm³/mol. The minimum absolute atomic E-state index is 0.111. The second-order valence-electron chi connectivity index (χ2n) is 8.08. The van der Waals surface area contributed by atoms with Crippen molar-refractivity contribution in [3.05, 3.63) is 77.9 Å². The molecule has 1 fully saturated rings. The molecule has 1 N–H and O–H groups in total. The van der Waals surface area contributed by atoms with Crippen molar-refractivity contribution in [3.63, 3.8) is 0 Å². The fourth-order valence-electron chi connectivity index (χ4n) is 4.12. The van der Waals surface area contributed by atoms with Crippen LogP contribution in [-0.2, 0) is 0 Å². The van der Waals surface area contributed by atoms with Crippen LogP contribution in [-0.4, -0.2) is 35.7 Å². The Kier molecular flexibility index (Phi) is 6.12. The van der Waals surface area contributed by atoms with E-state index < -0.39 is 0 Å². The summed E-state index contributed by atoms with van der Waals surface area (Å²) < 4.78 is 0. The largest absolute Gasteiger partial charge is 0.385 e. The zero-order chi connectivity index (χ0) is 20.9. The van der Waals surface area contributed by atoms with E-state index in [2.05, 4.69) is 12.2 Å². The molecule has 4 nitrogen and oxygen atoms in total. The Morgan fingerprint density at radius 1 is 0.933 bits per heavy atom. The Morgan fingerprint density at radius 3 is 2.43 bits per heavy atom. The topological polar surface area (TPSA) is 49.4 Å². The van der Waals surface area contributed by atoms with Crippen LogP contribution in [0.15, 0.2) is 66.7 Å². The summed E-state index contributed by atoms with van der Waals surface area (Å²) >= 11 is 0. The molecule has 1 atom stereocenters. The number of rotatable bonds is 6. The van der Waals surface area contributed by atoms with Crippen molar-refractivity contribution in [2.75, 3.05) is 18.4 Å². The van der Waals surface area contributed by atoms with Gasteiger partial charge in [-0.15, -0.1) is 0 Å². The highest BCUT2D eigenvalue weighted by atomic mass is 16.2. The van der Waals surface area contributed by atoms with Gasteiger partial charge in [0.2, 0.25) is 0 Å². The average molecular weight is 401 g/mol. The molecule has 4 heteroatoms. The van der Waals surface area contributed by atoms with Crippen LogP contribution in [0.2, 0.25) is 0 Å². The van der Waals surface area contributed by atoms with Gasteiger partial charge >= 0.3 is 0 Å². The Bertz CT molecular complexity index is 1040. The van der Waals surface area contributed by atoms with Crippen LogP contribution in [0.3, 0.4) is 0 Å². The first-order chi connectivity index (χ1) is 14.6. The molecule has 1 aliphatic rings. The number of amides is 1. The number of ketones is 1. The van der Waals surface area contributed by atoms with Crippen LogP contribution < -0.4 is 5.32 Å². The lowest BCUT2D eigenvalue weighted by Gasteiger charge is -2.33. The van der Waals surface area contributed by atoms with E-state index in [0.717, 1.165) is 47.0 Å². The highest BCUT2D eigenvalue weighted by Crippen LogP contribution is 2.20. The summed E-state index contributed by atoms with van der Waals surface area (Å²) in [5, 5.41) is 5.51. The number of carbonyl (C=O) groups excluding carboxylic acids is 2. The SMILES string of the molecule is C[C@H]1CCCCN1C(=O)c1ccc(NCCC(=O)c2ccc3ccccc3c2)cc1. The first-order valence-corrected chi connectivity index (χ1v) is 10.8. The van der Waals surface area contributed by atoms with Crippen LogP contribution >= 0.6 is 0 Å². The van der Waals surface area contributed by atoms with Gasteiger partial charge in [-0.25, -0.2) is 0 Å². The van der Waals surface area contributed by atoms with Crippen molar-refractivity contribution >= 4 is 28.2 Å². The van der Waals surface area contributed by atoms with Gasteiger partial charge in [0.25, 0.3) is 5.91 Å². The van der Waals surface area contributed by atoms with Crippen molar-refractivity contribution in [2.45, 2.75) is 38.6 Å². The Labute approximate surface area is 177 Å². The van der Waals surface area contributed by atoms with Crippen LogP contribution in [0.1, 0.15) is 53.3 Å². The molecule has 3 aromatic rings. The second kappa shape index (κ2) is 9.12. The van der Waals surface area contributed by atoms with Gasteiger partial charge in [-0.2, -0.15) is 0 Å². The third kappa shape index (κ3) is 4.54. The number of hydrogen-bond acceptors (Lipinski definition) is 3. The van der Waals surface area contributed by atoms with Crippen LogP contribution in [0.4, 0.5) is 5.69 Å². The van der Waals surface area contributed by atoms with Gasteiger partial charge in [0.05, 0.1) is 0 Å². The van der Waals surface area contributed by atoms with Gasteiger partial charge in [-0.1, -0.05) is 36.4 Å². The molecule has 154 valence electrons. The molecule has 0 spiro atoms. The van der Waals surface area contributed by atoms with Gasteiger partial charge in [0, 0.05) is 42.4 Å². The molecule has 1 heterocycles. The molecule has 30 heavy (non-hydrogen) atoms. The summed E-state index contributed by atoms with van der Waals surface area (Å²) in [7, 11) is 0.